The molecule has 0 atom stereocenters. The van der Waals surface area contributed by atoms with Gasteiger partial charge in [0.15, 0.2) is 0 Å². The summed E-state index contributed by atoms with van der Waals surface area (Å²) < 4.78 is 47.1. The van der Waals surface area contributed by atoms with Gasteiger partial charge in [0.05, 0.1) is 4.90 Å². The van der Waals surface area contributed by atoms with Crippen molar-refractivity contribution in [3.05, 3.63) is 24.3 Å². The molecule has 7 heteroatoms. The fourth-order valence-corrected chi connectivity index (χ4v) is 2.12. The lowest BCUT2D eigenvalue weighted by Gasteiger charge is -2.19. The van der Waals surface area contributed by atoms with Gasteiger partial charge in [-0.05, 0) is 31.3 Å². The van der Waals surface area contributed by atoms with Gasteiger partial charge in [0, 0.05) is 25.8 Å². The van der Waals surface area contributed by atoms with E-state index in [1.54, 1.807) is 0 Å². The third kappa shape index (κ3) is 3.39. The minimum absolute atomic E-state index is 0.358. The number of anilines is 1. The van der Waals surface area contributed by atoms with Crippen molar-refractivity contribution in [3.8, 4) is 0 Å². The van der Waals surface area contributed by atoms with E-state index in [1.807, 2.05) is 19.0 Å². The SMILES string of the molecule is CNCCN(C)c1ccc(S(=O)(=O)C(F)F)cc1. The second-order valence-corrected chi connectivity index (χ2v) is 5.74. The molecular formula is C11H16F2N2O2S. The molecule has 0 fully saturated rings. The Morgan fingerprint density at radius 1 is 1.28 bits per heavy atom. The molecule has 0 saturated carbocycles. The first kappa shape index (κ1) is 14.8. The van der Waals surface area contributed by atoms with E-state index in [-0.39, 0.29) is 4.90 Å². The predicted molar refractivity (Wildman–Crippen MR) is 66.8 cm³/mol. The van der Waals surface area contributed by atoms with Crippen molar-refractivity contribution in [1.29, 1.82) is 0 Å². The van der Waals surface area contributed by atoms with Crippen molar-refractivity contribution >= 4 is 15.5 Å². The van der Waals surface area contributed by atoms with Gasteiger partial charge in [0.25, 0.3) is 0 Å². The van der Waals surface area contributed by atoms with Crippen LogP contribution < -0.4 is 10.2 Å². The predicted octanol–water partition coefficient (Wildman–Crippen LogP) is 1.34. The Labute approximate surface area is 106 Å². The van der Waals surface area contributed by atoms with E-state index in [9.17, 15) is 17.2 Å². The van der Waals surface area contributed by atoms with E-state index >= 15 is 0 Å². The van der Waals surface area contributed by atoms with Crippen molar-refractivity contribution in [2.45, 2.75) is 10.7 Å². The number of nitrogens with one attached hydrogen (secondary N) is 1. The molecule has 0 spiro atoms. The first-order valence-corrected chi connectivity index (χ1v) is 6.92. The second-order valence-electron chi connectivity index (χ2n) is 3.82. The maximum absolute atomic E-state index is 12.3. The van der Waals surface area contributed by atoms with Gasteiger partial charge in [-0.2, -0.15) is 8.78 Å². The number of likely N-dealkylation sites (N-methyl/N-ethyl adjacent to an activating group) is 2. The van der Waals surface area contributed by atoms with Gasteiger partial charge < -0.3 is 10.2 Å². The molecule has 0 aliphatic carbocycles. The maximum atomic E-state index is 12.3. The maximum Gasteiger partial charge on any atom is 0.341 e. The molecule has 0 heterocycles. The van der Waals surface area contributed by atoms with E-state index in [0.29, 0.717) is 0 Å². The number of sulfone groups is 1. The van der Waals surface area contributed by atoms with Crippen LogP contribution in [-0.4, -0.2) is 41.4 Å². The molecule has 1 rings (SSSR count). The topological polar surface area (TPSA) is 49.4 Å². The van der Waals surface area contributed by atoms with Crippen molar-refractivity contribution in [2.24, 2.45) is 0 Å². The van der Waals surface area contributed by atoms with Crippen LogP contribution in [0.5, 0.6) is 0 Å². The summed E-state index contributed by atoms with van der Waals surface area (Å²) in [4.78, 5) is 1.54. The Hall–Kier alpha value is -1.21. The van der Waals surface area contributed by atoms with Crippen LogP contribution >= 0.6 is 0 Å². The van der Waals surface area contributed by atoms with Crippen LogP contribution in [0, 0.1) is 0 Å². The summed E-state index contributed by atoms with van der Waals surface area (Å²) in [7, 11) is -0.834. The quantitative estimate of drug-likeness (QED) is 0.853. The smallest absolute Gasteiger partial charge is 0.341 e. The van der Waals surface area contributed by atoms with Crippen LogP contribution in [0.15, 0.2) is 29.2 Å². The molecule has 0 aromatic heterocycles. The van der Waals surface area contributed by atoms with Gasteiger partial charge in [0.1, 0.15) is 0 Å². The number of hydrogen-bond donors (Lipinski definition) is 1. The molecule has 0 aliphatic heterocycles. The molecular weight excluding hydrogens is 262 g/mol. The Morgan fingerprint density at radius 2 is 1.83 bits per heavy atom. The zero-order valence-electron chi connectivity index (χ0n) is 10.2. The third-order valence-corrected chi connectivity index (χ3v) is 3.94. The molecule has 0 saturated heterocycles. The van der Waals surface area contributed by atoms with Gasteiger partial charge in [-0.15, -0.1) is 0 Å². The molecule has 0 amide bonds. The minimum Gasteiger partial charge on any atom is -0.373 e. The Kier molecular flexibility index (Phi) is 5.03. The molecule has 0 unspecified atom stereocenters. The standard InChI is InChI=1S/C11H16F2N2O2S/c1-14-7-8-15(2)9-3-5-10(6-4-9)18(16,17)11(12)13/h3-6,11,14H,7-8H2,1-2H3. The molecule has 0 radical (unpaired) electrons. The highest BCUT2D eigenvalue weighted by Crippen LogP contribution is 2.21. The second kappa shape index (κ2) is 6.10. The van der Waals surface area contributed by atoms with Gasteiger partial charge in [-0.3, -0.25) is 0 Å². The molecule has 0 aliphatic rings. The van der Waals surface area contributed by atoms with Gasteiger partial charge >= 0.3 is 5.76 Å². The van der Waals surface area contributed by atoms with E-state index in [4.69, 9.17) is 0 Å². The zero-order chi connectivity index (χ0) is 13.8. The van der Waals surface area contributed by atoms with E-state index in [1.165, 1.54) is 24.3 Å². The summed E-state index contributed by atoms with van der Waals surface area (Å²) in [5.74, 6) is -3.38. The molecule has 102 valence electrons. The highest BCUT2D eigenvalue weighted by molar-refractivity contribution is 7.91. The summed E-state index contributed by atoms with van der Waals surface area (Å²) in [5, 5.41) is 2.98. The molecule has 1 aromatic rings. The first-order valence-electron chi connectivity index (χ1n) is 5.37. The number of alkyl halides is 2. The van der Waals surface area contributed by atoms with Gasteiger partial charge in [0.2, 0.25) is 9.84 Å². The fraction of sp³-hybridized carbons (Fsp3) is 0.455. The fourth-order valence-electron chi connectivity index (χ4n) is 1.40. The average molecular weight is 278 g/mol. The van der Waals surface area contributed by atoms with Crippen LogP contribution in [0.1, 0.15) is 0 Å². The monoisotopic (exact) mass is 278 g/mol. The summed E-state index contributed by atoms with van der Waals surface area (Å²) in [6, 6.07) is 5.44. The van der Waals surface area contributed by atoms with Crippen molar-refractivity contribution in [1.82, 2.24) is 5.32 Å². The van der Waals surface area contributed by atoms with E-state index in [0.717, 1.165) is 18.8 Å². The van der Waals surface area contributed by atoms with E-state index in [2.05, 4.69) is 5.32 Å². The Morgan fingerprint density at radius 3 is 2.28 bits per heavy atom. The van der Waals surface area contributed by atoms with Crippen molar-refractivity contribution < 1.29 is 17.2 Å². The first-order chi connectivity index (χ1) is 8.39. The minimum atomic E-state index is -4.50. The largest absolute Gasteiger partial charge is 0.373 e. The van der Waals surface area contributed by atoms with Crippen LogP contribution in [0.3, 0.4) is 0 Å². The number of hydrogen-bond acceptors (Lipinski definition) is 4. The van der Waals surface area contributed by atoms with Crippen LogP contribution in [0.4, 0.5) is 14.5 Å². The van der Waals surface area contributed by atoms with E-state index < -0.39 is 15.6 Å². The van der Waals surface area contributed by atoms with Crippen LogP contribution in [-0.2, 0) is 9.84 Å². The lowest BCUT2D eigenvalue weighted by Crippen LogP contribution is -2.27. The number of rotatable bonds is 6. The summed E-state index contributed by atoms with van der Waals surface area (Å²) in [6.07, 6.45) is 0. The highest BCUT2D eigenvalue weighted by atomic mass is 32.2. The molecule has 18 heavy (non-hydrogen) atoms. The average Bonchev–Trinajstić information content (AvgIpc) is 2.35. The van der Waals surface area contributed by atoms with Gasteiger partial charge in [-0.25, -0.2) is 8.42 Å². The summed E-state index contributed by atoms with van der Waals surface area (Å²) >= 11 is 0. The summed E-state index contributed by atoms with van der Waals surface area (Å²) in [6.45, 7) is 1.50. The highest BCUT2D eigenvalue weighted by Gasteiger charge is 2.26. The van der Waals surface area contributed by atoms with Crippen molar-refractivity contribution in [2.75, 3.05) is 32.1 Å². The Balaban J connectivity index is 2.87. The number of benzene rings is 1. The number of halogens is 2. The molecule has 1 aromatic carbocycles. The van der Waals surface area contributed by atoms with Crippen molar-refractivity contribution in [3.63, 3.8) is 0 Å². The Bertz CT molecular complexity index is 474. The lowest BCUT2D eigenvalue weighted by molar-refractivity contribution is 0.234. The number of nitrogens with zero attached hydrogens (tertiary/aromatic N) is 1. The third-order valence-electron chi connectivity index (χ3n) is 2.54. The molecule has 1 N–H and O–H groups in total. The lowest BCUT2D eigenvalue weighted by atomic mass is 10.3. The van der Waals surface area contributed by atoms with Gasteiger partial charge in [-0.1, -0.05) is 0 Å². The van der Waals surface area contributed by atoms with Crippen LogP contribution in [0.2, 0.25) is 0 Å². The van der Waals surface area contributed by atoms with Crippen LogP contribution in [0.25, 0.3) is 0 Å². The summed E-state index contributed by atoms with van der Waals surface area (Å²) in [5.41, 5.74) is 0.776. The zero-order valence-corrected chi connectivity index (χ0v) is 11.0. The molecule has 4 nitrogen and oxygen atoms in total. The molecule has 0 bridgehead atoms. The normalized spacial score (nSPS) is 11.8.